The van der Waals surface area contributed by atoms with Crippen molar-refractivity contribution in [3.8, 4) is 0 Å². The van der Waals surface area contributed by atoms with Crippen LogP contribution < -0.4 is 0 Å². The van der Waals surface area contributed by atoms with Crippen LogP contribution in [-0.4, -0.2) is 85.7 Å². The molecule has 0 aromatic heterocycles. The Morgan fingerprint density at radius 1 is 1.11 bits per heavy atom. The summed E-state index contributed by atoms with van der Waals surface area (Å²) in [6, 6.07) is 0.589. The first-order valence-corrected chi connectivity index (χ1v) is 6.99. The second-order valence-electron chi connectivity index (χ2n) is 5.52. The van der Waals surface area contributed by atoms with Crippen molar-refractivity contribution in [3.05, 3.63) is 0 Å². The number of aliphatic hydroxyl groups is 1. The summed E-state index contributed by atoms with van der Waals surface area (Å²) in [6.45, 7) is 10.9. The SMILES string of the molecule is CC(C)N1CCOC(CN2CCOC(CO)C2)C1. The lowest BCUT2D eigenvalue weighted by atomic mass is 10.2. The Morgan fingerprint density at radius 2 is 1.83 bits per heavy atom. The Balaban J connectivity index is 1.78. The molecule has 106 valence electrons. The molecule has 0 bridgehead atoms. The van der Waals surface area contributed by atoms with Gasteiger partial charge in [0, 0.05) is 38.8 Å². The van der Waals surface area contributed by atoms with Crippen molar-refractivity contribution in [1.82, 2.24) is 9.80 Å². The molecule has 2 fully saturated rings. The summed E-state index contributed by atoms with van der Waals surface area (Å²) < 4.78 is 11.3. The maximum atomic E-state index is 9.14. The molecule has 2 aliphatic rings. The maximum Gasteiger partial charge on any atom is 0.0932 e. The van der Waals surface area contributed by atoms with Gasteiger partial charge in [-0.1, -0.05) is 0 Å². The third kappa shape index (κ3) is 3.90. The molecule has 0 aromatic rings. The summed E-state index contributed by atoms with van der Waals surface area (Å²) in [5.74, 6) is 0. The molecule has 2 atom stereocenters. The normalized spacial score (nSPS) is 32.0. The summed E-state index contributed by atoms with van der Waals surface area (Å²) in [7, 11) is 0. The van der Waals surface area contributed by atoms with Gasteiger partial charge in [-0.2, -0.15) is 0 Å². The van der Waals surface area contributed by atoms with Crippen molar-refractivity contribution in [2.45, 2.75) is 32.1 Å². The van der Waals surface area contributed by atoms with Gasteiger partial charge in [0.05, 0.1) is 32.0 Å². The van der Waals surface area contributed by atoms with E-state index in [1.165, 1.54) is 0 Å². The van der Waals surface area contributed by atoms with Crippen molar-refractivity contribution >= 4 is 0 Å². The van der Waals surface area contributed by atoms with Crippen molar-refractivity contribution in [2.75, 3.05) is 52.5 Å². The molecule has 0 amide bonds. The molecular weight excluding hydrogens is 232 g/mol. The van der Waals surface area contributed by atoms with E-state index >= 15 is 0 Å². The zero-order chi connectivity index (χ0) is 13.0. The summed E-state index contributed by atoms with van der Waals surface area (Å²) in [5.41, 5.74) is 0. The minimum atomic E-state index is -0.0245. The highest BCUT2D eigenvalue weighted by Crippen LogP contribution is 2.12. The van der Waals surface area contributed by atoms with Gasteiger partial charge in [-0.3, -0.25) is 9.80 Å². The van der Waals surface area contributed by atoms with E-state index in [-0.39, 0.29) is 12.7 Å². The standard InChI is InChI=1S/C13H26N2O3/c1-11(2)15-4-6-17-12(9-15)7-14-3-5-18-13(8-14)10-16/h11-13,16H,3-10H2,1-2H3. The minimum absolute atomic E-state index is 0.0245. The van der Waals surface area contributed by atoms with Crippen LogP contribution in [0.4, 0.5) is 0 Å². The Kier molecular flexibility index (Phi) is 5.38. The van der Waals surface area contributed by atoms with Gasteiger partial charge >= 0.3 is 0 Å². The minimum Gasteiger partial charge on any atom is -0.394 e. The number of rotatable bonds is 4. The van der Waals surface area contributed by atoms with E-state index in [1.807, 2.05) is 0 Å². The fraction of sp³-hybridized carbons (Fsp3) is 1.00. The lowest BCUT2D eigenvalue weighted by Gasteiger charge is -2.39. The van der Waals surface area contributed by atoms with Crippen molar-refractivity contribution in [2.24, 2.45) is 0 Å². The fourth-order valence-electron chi connectivity index (χ4n) is 2.67. The molecule has 0 saturated carbocycles. The van der Waals surface area contributed by atoms with E-state index in [0.717, 1.165) is 39.3 Å². The highest BCUT2D eigenvalue weighted by molar-refractivity contribution is 4.79. The molecule has 2 unspecified atom stereocenters. The predicted molar refractivity (Wildman–Crippen MR) is 69.7 cm³/mol. The molecular formula is C13H26N2O3. The van der Waals surface area contributed by atoms with Crippen molar-refractivity contribution in [3.63, 3.8) is 0 Å². The maximum absolute atomic E-state index is 9.14. The molecule has 5 nitrogen and oxygen atoms in total. The van der Waals surface area contributed by atoms with Crippen LogP contribution in [0.5, 0.6) is 0 Å². The second kappa shape index (κ2) is 6.82. The largest absolute Gasteiger partial charge is 0.394 e. The summed E-state index contributed by atoms with van der Waals surface area (Å²) in [5, 5.41) is 9.14. The first-order valence-electron chi connectivity index (χ1n) is 6.99. The summed E-state index contributed by atoms with van der Waals surface area (Å²) in [4.78, 5) is 4.82. The van der Waals surface area contributed by atoms with Crippen LogP contribution in [-0.2, 0) is 9.47 Å². The van der Waals surface area contributed by atoms with Gasteiger partial charge in [0.2, 0.25) is 0 Å². The molecule has 1 N–H and O–H groups in total. The monoisotopic (exact) mass is 258 g/mol. The Hall–Kier alpha value is -0.200. The molecule has 2 rings (SSSR count). The lowest BCUT2D eigenvalue weighted by Crippen LogP contribution is -2.52. The van der Waals surface area contributed by atoms with Crippen LogP contribution >= 0.6 is 0 Å². The molecule has 0 spiro atoms. The van der Waals surface area contributed by atoms with E-state index in [0.29, 0.717) is 18.8 Å². The number of ether oxygens (including phenoxy) is 2. The van der Waals surface area contributed by atoms with Crippen LogP contribution in [0, 0.1) is 0 Å². The van der Waals surface area contributed by atoms with Crippen molar-refractivity contribution in [1.29, 1.82) is 0 Å². The molecule has 0 aliphatic carbocycles. The Bertz CT molecular complexity index is 250. The Labute approximate surface area is 110 Å². The van der Waals surface area contributed by atoms with E-state index < -0.39 is 0 Å². The predicted octanol–water partition coefficient (Wildman–Crippen LogP) is -0.211. The number of aliphatic hydroxyl groups excluding tert-OH is 1. The highest BCUT2D eigenvalue weighted by atomic mass is 16.5. The van der Waals surface area contributed by atoms with Crippen LogP contribution in [0.1, 0.15) is 13.8 Å². The second-order valence-corrected chi connectivity index (χ2v) is 5.52. The fourth-order valence-corrected chi connectivity index (χ4v) is 2.67. The molecule has 0 aromatic carbocycles. The zero-order valence-corrected chi connectivity index (χ0v) is 11.5. The van der Waals surface area contributed by atoms with E-state index in [4.69, 9.17) is 14.6 Å². The van der Waals surface area contributed by atoms with Gasteiger partial charge in [0.25, 0.3) is 0 Å². The van der Waals surface area contributed by atoms with Gasteiger partial charge in [0.15, 0.2) is 0 Å². The topological polar surface area (TPSA) is 45.2 Å². The first kappa shape index (κ1) is 14.2. The average Bonchev–Trinajstić information content (AvgIpc) is 2.39. The van der Waals surface area contributed by atoms with E-state index in [2.05, 4.69) is 23.6 Å². The van der Waals surface area contributed by atoms with Gasteiger partial charge in [0.1, 0.15) is 0 Å². The number of morpholine rings is 2. The number of hydrogen-bond acceptors (Lipinski definition) is 5. The van der Waals surface area contributed by atoms with Gasteiger partial charge in [-0.05, 0) is 13.8 Å². The third-order valence-corrected chi connectivity index (χ3v) is 3.79. The lowest BCUT2D eigenvalue weighted by molar-refractivity contribution is -0.0877. The van der Waals surface area contributed by atoms with Crippen LogP contribution in [0.25, 0.3) is 0 Å². The van der Waals surface area contributed by atoms with E-state index in [9.17, 15) is 0 Å². The average molecular weight is 258 g/mol. The molecule has 18 heavy (non-hydrogen) atoms. The number of hydrogen-bond donors (Lipinski definition) is 1. The van der Waals surface area contributed by atoms with Crippen LogP contribution in [0.3, 0.4) is 0 Å². The van der Waals surface area contributed by atoms with Crippen molar-refractivity contribution < 1.29 is 14.6 Å². The molecule has 5 heteroatoms. The summed E-state index contributed by atoms with van der Waals surface area (Å²) in [6.07, 6.45) is 0.266. The zero-order valence-electron chi connectivity index (χ0n) is 11.5. The van der Waals surface area contributed by atoms with E-state index in [1.54, 1.807) is 0 Å². The highest BCUT2D eigenvalue weighted by Gasteiger charge is 2.26. The van der Waals surface area contributed by atoms with Gasteiger partial charge in [-0.15, -0.1) is 0 Å². The quantitative estimate of drug-likeness (QED) is 0.756. The van der Waals surface area contributed by atoms with Gasteiger partial charge in [-0.25, -0.2) is 0 Å². The van der Waals surface area contributed by atoms with Gasteiger partial charge < -0.3 is 14.6 Å². The molecule has 2 heterocycles. The molecule has 0 radical (unpaired) electrons. The molecule has 2 aliphatic heterocycles. The smallest absolute Gasteiger partial charge is 0.0932 e. The Morgan fingerprint density at radius 3 is 2.56 bits per heavy atom. The van der Waals surface area contributed by atoms with Crippen LogP contribution in [0.2, 0.25) is 0 Å². The van der Waals surface area contributed by atoms with Crippen LogP contribution in [0.15, 0.2) is 0 Å². The molecule has 2 saturated heterocycles. The number of nitrogens with zero attached hydrogens (tertiary/aromatic N) is 2. The first-order chi connectivity index (χ1) is 8.69. The third-order valence-electron chi connectivity index (χ3n) is 3.79. The summed E-state index contributed by atoms with van der Waals surface area (Å²) >= 11 is 0.